The Hall–Kier alpha value is -3.18. The predicted molar refractivity (Wildman–Crippen MR) is 116 cm³/mol. The van der Waals surface area contributed by atoms with E-state index in [1.54, 1.807) is 17.7 Å². The Labute approximate surface area is 179 Å². The topological polar surface area (TPSA) is 97.0 Å². The molecule has 0 saturated heterocycles. The third-order valence-electron chi connectivity index (χ3n) is 5.17. The van der Waals surface area contributed by atoms with Crippen LogP contribution in [0.15, 0.2) is 36.4 Å². The zero-order chi connectivity index (χ0) is 22.1. The van der Waals surface area contributed by atoms with Gasteiger partial charge in [-0.15, -0.1) is 11.3 Å². The molecule has 8 heteroatoms. The predicted octanol–water partition coefficient (Wildman–Crippen LogP) is 4.00. The monoisotopic (exact) mass is 424 g/mol. The smallest absolute Gasteiger partial charge is 0.349 e. The Morgan fingerprint density at radius 3 is 2.53 bits per heavy atom. The van der Waals surface area contributed by atoms with E-state index in [0.29, 0.717) is 4.88 Å². The molecule has 2 atom stereocenters. The zero-order valence-corrected chi connectivity index (χ0v) is 18.4. The van der Waals surface area contributed by atoms with Crippen LogP contribution in [-0.4, -0.2) is 33.3 Å². The van der Waals surface area contributed by atoms with E-state index in [0.717, 1.165) is 21.6 Å². The largest absolute Gasteiger partial charge is 0.448 e. The number of hydrogen-bond acceptors (Lipinski definition) is 6. The molecular formula is C22H24N4O3S. The van der Waals surface area contributed by atoms with Crippen molar-refractivity contribution in [2.24, 2.45) is 5.92 Å². The summed E-state index contributed by atoms with van der Waals surface area (Å²) in [6.07, 6.45) is -1.03. The number of nitrogens with zero attached hydrogens (tertiary/aromatic N) is 3. The van der Waals surface area contributed by atoms with Crippen molar-refractivity contribution in [3.05, 3.63) is 47.0 Å². The van der Waals surface area contributed by atoms with Gasteiger partial charge < -0.3 is 10.1 Å². The molecule has 0 aliphatic rings. The number of ether oxygens (including phenoxy) is 1. The lowest BCUT2D eigenvalue weighted by molar-refractivity contribution is -0.130. The summed E-state index contributed by atoms with van der Waals surface area (Å²) in [6.45, 7) is 8.71. The van der Waals surface area contributed by atoms with Crippen LogP contribution in [0.2, 0.25) is 0 Å². The van der Waals surface area contributed by atoms with E-state index >= 15 is 0 Å². The lowest BCUT2D eigenvalue weighted by Gasteiger charge is -2.28. The molecule has 3 rings (SSSR count). The second-order valence-electron chi connectivity index (χ2n) is 7.67. The number of benzene rings is 1. The van der Waals surface area contributed by atoms with Gasteiger partial charge in [-0.05, 0) is 44.9 Å². The van der Waals surface area contributed by atoms with Crippen LogP contribution in [0.1, 0.15) is 43.1 Å². The van der Waals surface area contributed by atoms with E-state index in [2.05, 4.69) is 16.5 Å². The highest BCUT2D eigenvalue weighted by molar-refractivity contribution is 7.20. The average Bonchev–Trinajstić information content (AvgIpc) is 3.29. The number of carbonyl (C=O) groups excluding carboxylic acids is 2. The van der Waals surface area contributed by atoms with Crippen LogP contribution in [-0.2, 0) is 9.53 Å². The number of para-hydroxylation sites is 1. The van der Waals surface area contributed by atoms with Gasteiger partial charge in [0.05, 0.1) is 17.5 Å². The van der Waals surface area contributed by atoms with Gasteiger partial charge in [-0.2, -0.15) is 10.4 Å². The molecule has 3 aromatic rings. The standard InChI is InChI=1S/C22H24N4O3S/c1-13(2)22(5,12-23)24-19(27)15(4)29-21(28)18-11-17-14(3)25-26(20(17)30-18)16-9-7-6-8-10-16/h6-11,13,15H,1-5H3,(H,24,27). The zero-order valence-electron chi connectivity index (χ0n) is 17.6. The second-order valence-corrected chi connectivity index (χ2v) is 8.70. The molecule has 1 N–H and O–H groups in total. The Morgan fingerprint density at radius 2 is 1.93 bits per heavy atom. The molecule has 0 aliphatic carbocycles. The summed E-state index contributed by atoms with van der Waals surface area (Å²) in [5, 5.41) is 17.5. The summed E-state index contributed by atoms with van der Waals surface area (Å²) in [4.78, 5) is 26.3. The number of rotatable bonds is 6. The van der Waals surface area contributed by atoms with Gasteiger partial charge in [-0.1, -0.05) is 32.0 Å². The third kappa shape index (κ3) is 4.07. The summed E-state index contributed by atoms with van der Waals surface area (Å²) in [5.74, 6) is -1.18. The maximum atomic E-state index is 12.7. The van der Waals surface area contributed by atoms with Crippen molar-refractivity contribution >= 4 is 33.4 Å². The van der Waals surface area contributed by atoms with Crippen LogP contribution in [0.3, 0.4) is 0 Å². The number of amides is 1. The number of carbonyl (C=O) groups is 2. The Bertz CT molecular complexity index is 1130. The Morgan fingerprint density at radius 1 is 1.27 bits per heavy atom. The molecule has 0 aliphatic heterocycles. The van der Waals surface area contributed by atoms with Gasteiger partial charge in [-0.3, -0.25) is 4.79 Å². The summed E-state index contributed by atoms with van der Waals surface area (Å²) in [7, 11) is 0. The number of aryl methyl sites for hydroxylation is 1. The first-order valence-corrected chi connectivity index (χ1v) is 10.5. The maximum absolute atomic E-state index is 12.7. The SMILES string of the molecule is Cc1nn(-c2ccccc2)c2sc(C(=O)OC(C)C(=O)NC(C)(C#N)C(C)C)cc12. The van der Waals surface area contributed by atoms with Crippen molar-refractivity contribution in [2.45, 2.75) is 46.3 Å². The van der Waals surface area contributed by atoms with Gasteiger partial charge in [0.1, 0.15) is 15.2 Å². The van der Waals surface area contributed by atoms with Crippen molar-refractivity contribution < 1.29 is 14.3 Å². The number of hydrogen-bond donors (Lipinski definition) is 1. The molecule has 1 amide bonds. The molecule has 156 valence electrons. The first-order valence-electron chi connectivity index (χ1n) is 9.65. The molecule has 30 heavy (non-hydrogen) atoms. The van der Waals surface area contributed by atoms with E-state index in [9.17, 15) is 14.9 Å². The quantitative estimate of drug-likeness (QED) is 0.603. The molecule has 2 unspecified atom stereocenters. The minimum atomic E-state index is -1.04. The van der Waals surface area contributed by atoms with Crippen molar-refractivity contribution in [1.29, 1.82) is 5.26 Å². The summed E-state index contributed by atoms with van der Waals surface area (Å²) < 4.78 is 7.17. The second kappa shape index (κ2) is 8.28. The average molecular weight is 425 g/mol. The fraction of sp³-hybridized carbons (Fsp3) is 0.364. The lowest BCUT2D eigenvalue weighted by Crippen LogP contribution is -2.52. The van der Waals surface area contributed by atoms with E-state index in [1.807, 2.05) is 51.1 Å². The van der Waals surface area contributed by atoms with Crippen LogP contribution < -0.4 is 5.32 Å². The highest BCUT2D eigenvalue weighted by atomic mass is 32.1. The van der Waals surface area contributed by atoms with E-state index in [1.165, 1.54) is 18.3 Å². The molecule has 2 heterocycles. The van der Waals surface area contributed by atoms with Crippen molar-refractivity contribution in [1.82, 2.24) is 15.1 Å². The van der Waals surface area contributed by atoms with Crippen LogP contribution in [0.5, 0.6) is 0 Å². The number of fused-ring (bicyclic) bond motifs is 1. The molecule has 0 bridgehead atoms. The number of esters is 1. The molecule has 0 fully saturated rings. The minimum Gasteiger partial charge on any atom is -0.448 e. The number of aromatic nitrogens is 2. The lowest BCUT2D eigenvalue weighted by atomic mass is 9.90. The molecule has 1 aromatic carbocycles. The van der Waals surface area contributed by atoms with Gasteiger partial charge >= 0.3 is 5.97 Å². The van der Waals surface area contributed by atoms with Crippen molar-refractivity contribution in [3.63, 3.8) is 0 Å². The minimum absolute atomic E-state index is 0.0964. The Kier molecular flexibility index (Phi) is 5.94. The molecular weight excluding hydrogens is 400 g/mol. The van der Waals surface area contributed by atoms with E-state index in [4.69, 9.17) is 4.74 Å². The van der Waals surface area contributed by atoms with Gasteiger partial charge in [0.2, 0.25) is 0 Å². The summed E-state index contributed by atoms with van der Waals surface area (Å²) >= 11 is 1.27. The van der Waals surface area contributed by atoms with Crippen molar-refractivity contribution in [2.75, 3.05) is 0 Å². The summed E-state index contributed by atoms with van der Waals surface area (Å²) in [5.41, 5.74) is 0.664. The fourth-order valence-corrected chi connectivity index (χ4v) is 3.89. The van der Waals surface area contributed by atoms with E-state index < -0.39 is 23.5 Å². The highest BCUT2D eigenvalue weighted by Gasteiger charge is 2.33. The van der Waals surface area contributed by atoms with Crippen molar-refractivity contribution in [3.8, 4) is 11.8 Å². The van der Waals surface area contributed by atoms with Gasteiger partial charge in [0, 0.05) is 5.39 Å². The number of nitrogens with one attached hydrogen (secondary N) is 1. The van der Waals surface area contributed by atoms with Crippen LogP contribution in [0.25, 0.3) is 15.9 Å². The molecule has 7 nitrogen and oxygen atoms in total. The molecule has 0 spiro atoms. The van der Waals surface area contributed by atoms with Crippen LogP contribution in [0, 0.1) is 24.2 Å². The fourth-order valence-electron chi connectivity index (χ4n) is 2.82. The van der Waals surface area contributed by atoms with Crippen LogP contribution in [0.4, 0.5) is 0 Å². The molecule has 2 aromatic heterocycles. The van der Waals surface area contributed by atoms with E-state index in [-0.39, 0.29) is 5.92 Å². The first kappa shape index (κ1) is 21.5. The maximum Gasteiger partial charge on any atom is 0.349 e. The highest BCUT2D eigenvalue weighted by Crippen LogP contribution is 2.31. The van der Waals surface area contributed by atoms with Gasteiger partial charge in [0.15, 0.2) is 6.10 Å². The molecule has 0 radical (unpaired) electrons. The van der Waals surface area contributed by atoms with Gasteiger partial charge in [0.25, 0.3) is 5.91 Å². The number of thiophene rings is 1. The third-order valence-corrected chi connectivity index (χ3v) is 6.26. The molecule has 0 saturated carbocycles. The van der Waals surface area contributed by atoms with Crippen LogP contribution >= 0.6 is 11.3 Å². The summed E-state index contributed by atoms with van der Waals surface area (Å²) in [6, 6.07) is 13.5. The Balaban J connectivity index is 1.79. The normalized spacial score (nSPS) is 14.2. The van der Waals surface area contributed by atoms with Gasteiger partial charge in [-0.25, -0.2) is 9.48 Å². The first-order chi connectivity index (χ1) is 14.2. The number of nitriles is 1.